The third-order valence-electron chi connectivity index (χ3n) is 4.39. The van der Waals surface area contributed by atoms with Crippen molar-refractivity contribution in [1.29, 1.82) is 0 Å². The first-order chi connectivity index (χ1) is 11.8. The monoisotopic (exact) mass is 426 g/mol. The van der Waals surface area contributed by atoms with E-state index < -0.39 is 0 Å². The van der Waals surface area contributed by atoms with Crippen LogP contribution in [0.25, 0.3) is 11.1 Å². The Bertz CT molecular complexity index is 727. The Balaban J connectivity index is 1.57. The fraction of sp³-hybridized carbons (Fsp3) is 0.217. The fourth-order valence-corrected chi connectivity index (χ4v) is 3.31. The number of rotatable bonds is 7. The molecule has 0 aliphatic heterocycles. The summed E-state index contributed by atoms with van der Waals surface area (Å²) in [5.74, 6) is 0. The molecule has 0 radical (unpaired) electrons. The highest BCUT2D eigenvalue weighted by atomic mass is 127. The summed E-state index contributed by atoms with van der Waals surface area (Å²) in [6, 6.07) is 28.7. The van der Waals surface area contributed by atoms with Crippen LogP contribution in [0.2, 0.25) is 0 Å². The summed E-state index contributed by atoms with van der Waals surface area (Å²) in [4.78, 5) is 0. The molecule has 0 nitrogen and oxygen atoms in total. The molecule has 0 N–H and O–H groups in total. The fourth-order valence-electron chi connectivity index (χ4n) is 2.93. The second-order valence-electron chi connectivity index (χ2n) is 6.17. The van der Waals surface area contributed by atoms with Gasteiger partial charge in [0.15, 0.2) is 0 Å². The normalized spacial score (nSPS) is 10.7. The van der Waals surface area contributed by atoms with Crippen molar-refractivity contribution < 1.29 is 0 Å². The third-order valence-corrected chi connectivity index (χ3v) is 5.15. The van der Waals surface area contributed by atoms with E-state index in [2.05, 4.69) is 101 Å². The first kappa shape index (κ1) is 17.2. The molecule has 0 aliphatic carbocycles. The Morgan fingerprint density at radius 1 is 0.500 bits per heavy atom. The lowest BCUT2D eigenvalue weighted by atomic mass is 9.99. The van der Waals surface area contributed by atoms with Crippen molar-refractivity contribution in [2.75, 3.05) is 4.43 Å². The molecule has 3 aromatic rings. The van der Waals surface area contributed by atoms with E-state index in [9.17, 15) is 0 Å². The molecule has 0 saturated carbocycles. The van der Waals surface area contributed by atoms with Gasteiger partial charge in [0, 0.05) is 0 Å². The number of alkyl halides is 1. The molecule has 24 heavy (non-hydrogen) atoms. The molecule has 0 unspecified atom stereocenters. The van der Waals surface area contributed by atoms with Gasteiger partial charge in [0.05, 0.1) is 0 Å². The highest BCUT2D eigenvalue weighted by Crippen LogP contribution is 2.20. The zero-order valence-electron chi connectivity index (χ0n) is 13.9. The number of halogens is 1. The molecule has 3 rings (SSSR count). The minimum absolute atomic E-state index is 1.10. The van der Waals surface area contributed by atoms with Crippen LogP contribution in [0.15, 0.2) is 78.9 Å². The molecule has 0 heterocycles. The first-order valence-corrected chi connectivity index (χ1v) is 10.2. The number of benzene rings is 3. The third kappa shape index (κ3) is 4.94. The molecule has 0 saturated heterocycles. The molecule has 122 valence electrons. The van der Waals surface area contributed by atoms with Crippen LogP contribution in [0.1, 0.15) is 23.1 Å². The minimum atomic E-state index is 1.10. The summed E-state index contributed by atoms with van der Waals surface area (Å²) < 4.78 is 1.23. The van der Waals surface area contributed by atoms with E-state index in [0.29, 0.717) is 0 Å². The van der Waals surface area contributed by atoms with Crippen molar-refractivity contribution in [2.45, 2.75) is 25.7 Å². The van der Waals surface area contributed by atoms with Crippen LogP contribution in [-0.2, 0) is 19.3 Å². The van der Waals surface area contributed by atoms with Crippen molar-refractivity contribution in [2.24, 2.45) is 0 Å². The molecule has 0 aliphatic rings. The van der Waals surface area contributed by atoms with E-state index >= 15 is 0 Å². The van der Waals surface area contributed by atoms with Crippen molar-refractivity contribution in [3.8, 4) is 11.1 Å². The smallest absolute Gasteiger partial charge is 0.000156 e. The van der Waals surface area contributed by atoms with Crippen LogP contribution in [0.3, 0.4) is 0 Å². The molecule has 0 spiro atoms. The molecular weight excluding hydrogens is 403 g/mol. The molecule has 0 fully saturated rings. The number of aryl methyl sites for hydroxylation is 3. The van der Waals surface area contributed by atoms with E-state index in [0.717, 1.165) is 12.8 Å². The Kier molecular flexibility index (Phi) is 6.48. The number of hydrogen-bond acceptors (Lipinski definition) is 0. The molecule has 0 atom stereocenters. The van der Waals surface area contributed by atoms with Gasteiger partial charge in [-0.2, -0.15) is 0 Å². The van der Waals surface area contributed by atoms with E-state index in [-0.39, 0.29) is 0 Å². The van der Waals surface area contributed by atoms with Crippen LogP contribution in [-0.4, -0.2) is 4.43 Å². The summed E-state index contributed by atoms with van der Waals surface area (Å²) >= 11 is 2.45. The van der Waals surface area contributed by atoms with Crippen LogP contribution in [0.5, 0.6) is 0 Å². The maximum atomic E-state index is 2.45. The van der Waals surface area contributed by atoms with Crippen molar-refractivity contribution in [1.82, 2.24) is 0 Å². The van der Waals surface area contributed by atoms with Gasteiger partial charge >= 0.3 is 0 Å². The lowest BCUT2D eigenvalue weighted by molar-refractivity contribution is 0.932. The van der Waals surface area contributed by atoms with Crippen molar-refractivity contribution >= 4 is 22.6 Å². The predicted molar refractivity (Wildman–Crippen MR) is 113 cm³/mol. The summed E-state index contributed by atoms with van der Waals surface area (Å²) in [5.41, 5.74) is 6.87. The van der Waals surface area contributed by atoms with Gasteiger partial charge in [-0.05, 0) is 57.9 Å². The van der Waals surface area contributed by atoms with Crippen LogP contribution >= 0.6 is 22.6 Å². The molecule has 0 bridgehead atoms. The van der Waals surface area contributed by atoms with Crippen LogP contribution < -0.4 is 0 Å². The van der Waals surface area contributed by atoms with Crippen molar-refractivity contribution in [3.63, 3.8) is 0 Å². The van der Waals surface area contributed by atoms with E-state index in [1.807, 2.05) is 0 Å². The summed E-state index contributed by atoms with van der Waals surface area (Å²) in [7, 11) is 0. The maximum Gasteiger partial charge on any atom is -0.000156 e. The Labute approximate surface area is 159 Å². The van der Waals surface area contributed by atoms with Gasteiger partial charge in [-0.25, -0.2) is 0 Å². The second-order valence-corrected chi connectivity index (χ2v) is 7.25. The molecular formula is C23H23I. The predicted octanol–water partition coefficient (Wildman–Crippen LogP) is 6.51. The van der Waals surface area contributed by atoms with Crippen LogP contribution in [0, 0.1) is 0 Å². The SMILES string of the molecule is ICCCc1ccc(CCc2ccc(-c3ccccc3)cc2)cc1. The first-order valence-electron chi connectivity index (χ1n) is 8.63. The largest absolute Gasteiger partial charge is 0.0864 e. The lowest BCUT2D eigenvalue weighted by Crippen LogP contribution is -1.93. The highest BCUT2D eigenvalue weighted by molar-refractivity contribution is 14.1. The molecule has 0 aromatic heterocycles. The molecule has 0 amide bonds. The van der Waals surface area contributed by atoms with Gasteiger partial charge in [0.1, 0.15) is 0 Å². The Morgan fingerprint density at radius 3 is 1.50 bits per heavy atom. The van der Waals surface area contributed by atoms with E-state index in [4.69, 9.17) is 0 Å². The quantitative estimate of drug-likeness (QED) is 0.299. The Morgan fingerprint density at radius 2 is 0.958 bits per heavy atom. The maximum absolute atomic E-state index is 2.45. The van der Waals surface area contributed by atoms with Crippen molar-refractivity contribution in [3.05, 3.63) is 95.6 Å². The summed E-state index contributed by atoms with van der Waals surface area (Å²) in [6.45, 7) is 0. The van der Waals surface area contributed by atoms with Gasteiger partial charge in [0.2, 0.25) is 0 Å². The average Bonchev–Trinajstić information content (AvgIpc) is 2.67. The molecule has 1 heteroatoms. The summed E-state index contributed by atoms with van der Waals surface area (Å²) in [6.07, 6.45) is 4.68. The van der Waals surface area contributed by atoms with Gasteiger partial charge in [-0.1, -0.05) is 101 Å². The van der Waals surface area contributed by atoms with Gasteiger partial charge in [-0.15, -0.1) is 0 Å². The van der Waals surface area contributed by atoms with Gasteiger partial charge in [0.25, 0.3) is 0 Å². The van der Waals surface area contributed by atoms with Crippen LogP contribution in [0.4, 0.5) is 0 Å². The zero-order chi connectivity index (χ0) is 16.6. The lowest BCUT2D eigenvalue weighted by Gasteiger charge is -2.06. The highest BCUT2D eigenvalue weighted by Gasteiger charge is 2.00. The minimum Gasteiger partial charge on any atom is -0.0864 e. The van der Waals surface area contributed by atoms with E-state index in [1.54, 1.807) is 0 Å². The standard InChI is InChI=1S/C23H23I/c24-18-4-5-19-8-10-20(11-9-19)12-13-21-14-16-23(17-15-21)22-6-2-1-3-7-22/h1-3,6-11,14-17H,4-5,12-13,18H2. The Hall–Kier alpha value is -1.61. The van der Waals surface area contributed by atoms with Gasteiger partial charge < -0.3 is 0 Å². The van der Waals surface area contributed by atoms with E-state index in [1.165, 1.54) is 45.1 Å². The van der Waals surface area contributed by atoms with Gasteiger partial charge in [-0.3, -0.25) is 0 Å². The molecule has 3 aromatic carbocycles. The second kappa shape index (κ2) is 9.03. The topological polar surface area (TPSA) is 0 Å². The summed E-state index contributed by atoms with van der Waals surface area (Å²) in [5, 5.41) is 0. The average molecular weight is 426 g/mol. The zero-order valence-corrected chi connectivity index (χ0v) is 16.1. The number of hydrogen-bond donors (Lipinski definition) is 0.